The highest BCUT2D eigenvalue weighted by Crippen LogP contribution is 2.32. The summed E-state index contributed by atoms with van der Waals surface area (Å²) in [5.74, 6) is 0.406. The summed E-state index contributed by atoms with van der Waals surface area (Å²) in [5, 5.41) is 9.70. The zero-order chi connectivity index (χ0) is 15.7. The number of aromatic carboxylic acids is 1. The molecule has 0 saturated carbocycles. The first-order valence-corrected chi connectivity index (χ1v) is 7.53. The highest BCUT2D eigenvalue weighted by Gasteiger charge is 2.28. The number of hydrogen-bond donors (Lipinski definition) is 1. The fourth-order valence-electron chi connectivity index (χ4n) is 2.48. The van der Waals surface area contributed by atoms with Crippen molar-refractivity contribution in [1.29, 1.82) is 0 Å². The third-order valence-electron chi connectivity index (χ3n) is 3.84. The van der Waals surface area contributed by atoms with E-state index in [2.05, 4.69) is 9.97 Å². The summed E-state index contributed by atoms with van der Waals surface area (Å²) in [7, 11) is 0. The average molecular weight is 297 g/mol. The molecule has 1 saturated heterocycles. The minimum absolute atomic E-state index is 0.144. The Hall–Kier alpha value is -2.43. The average Bonchev–Trinajstić information content (AvgIpc) is 2.45. The molecule has 1 aromatic carbocycles. The van der Waals surface area contributed by atoms with Crippen LogP contribution in [0.5, 0.6) is 0 Å². The van der Waals surface area contributed by atoms with E-state index in [1.807, 2.05) is 49.1 Å². The summed E-state index contributed by atoms with van der Waals surface area (Å²) in [6.45, 7) is 5.74. The van der Waals surface area contributed by atoms with Crippen LogP contribution in [-0.2, 0) is 0 Å². The van der Waals surface area contributed by atoms with Gasteiger partial charge in [-0.2, -0.15) is 0 Å². The molecule has 1 aromatic heterocycles. The highest BCUT2D eigenvalue weighted by atomic mass is 16.4. The topological polar surface area (TPSA) is 66.3 Å². The van der Waals surface area contributed by atoms with Crippen LogP contribution in [0.25, 0.3) is 11.3 Å². The molecule has 0 unspecified atom stereocenters. The lowest BCUT2D eigenvalue weighted by Crippen LogP contribution is -2.39. The first kappa shape index (κ1) is 14.5. The molecule has 0 radical (unpaired) electrons. The Balaban J connectivity index is 2.25. The molecule has 0 amide bonds. The molecule has 5 heteroatoms. The summed E-state index contributed by atoms with van der Waals surface area (Å²) in [4.78, 5) is 22.9. The van der Waals surface area contributed by atoms with Gasteiger partial charge in [0.05, 0.1) is 5.69 Å². The second-order valence-corrected chi connectivity index (χ2v) is 5.80. The first-order valence-electron chi connectivity index (χ1n) is 7.53. The van der Waals surface area contributed by atoms with E-state index in [1.165, 1.54) is 0 Å². The van der Waals surface area contributed by atoms with Crippen molar-refractivity contribution in [2.24, 2.45) is 0 Å². The van der Waals surface area contributed by atoms with Gasteiger partial charge in [-0.05, 0) is 6.42 Å². The van der Waals surface area contributed by atoms with E-state index in [0.29, 0.717) is 17.3 Å². The molecule has 22 heavy (non-hydrogen) atoms. The van der Waals surface area contributed by atoms with Gasteiger partial charge < -0.3 is 10.0 Å². The summed E-state index contributed by atoms with van der Waals surface area (Å²) in [5.41, 5.74) is 1.52. The maximum Gasteiger partial charge on any atom is 0.341 e. The molecule has 114 valence electrons. The summed E-state index contributed by atoms with van der Waals surface area (Å²) in [6.07, 6.45) is 1.07. The molecule has 0 bridgehead atoms. The Morgan fingerprint density at radius 2 is 1.86 bits per heavy atom. The Labute approximate surface area is 129 Å². The van der Waals surface area contributed by atoms with E-state index >= 15 is 0 Å². The largest absolute Gasteiger partial charge is 0.477 e. The predicted octanol–water partition coefficient (Wildman–Crippen LogP) is 3.18. The number of hydrogen-bond acceptors (Lipinski definition) is 4. The molecule has 5 nitrogen and oxygen atoms in total. The second kappa shape index (κ2) is 5.75. The van der Waals surface area contributed by atoms with Crippen molar-refractivity contribution in [2.45, 2.75) is 26.2 Å². The van der Waals surface area contributed by atoms with Gasteiger partial charge in [0.2, 0.25) is 0 Å². The minimum atomic E-state index is -0.976. The third kappa shape index (κ3) is 2.54. The molecule has 3 rings (SSSR count). The zero-order valence-corrected chi connectivity index (χ0v) is 12.8. The van der Waals surface area contributed by atoms with Gasteiger partial charge in [-0.25, -0.2) is 14.8 Å². The minimum Gasteiger partial charge on any atom is -0.477 e. The third-order valence-corrected chi connectivity index (χ3v) is 3.84. The Kier molecular flexibility index (Phi) is 3.79. The molecule has 1 aliphatic rings. The summed E-state index contributed by atoms with van der Waals surface area (Å²) < 4.78 is 0. The molecule has 0 aliphatic carbocycles. The Bertz CT molecular complexity index is 695. The van der Waals surface area contributed by atoms with Crippen molar-refractivity contribution in [1.82, 2.24) is 9.97 Å². The number of anilines is 1. The van der Waals surface area contributed by atoms with Crippen LogP contribution in [0.3, 0.4) is 0 Å². The molecule has 0 spiro atoms. The molecule has 2 heterocycles. The fraction of sp³-hybridized carbons (Fsp3) is 0.353. The van der Waals surface area contributed by atoms with Gasteiger partial charge in [-0.15, -0.1) is 0 Å². The van der Waals surface area contributed by atoms with Crippen molar-refractivity contribution in [3.05, 3.63) is 41.7 Å². The lowest BCUT2D eigenvalue weighted by Gasteiger charge is -2.33. The van der Waals surface area contributed by atoms with E-state index in [-0.39, 0.29) is 11.5 Å². The smallest absolute Gasteiger partial charge is 0.341 e. The van der Waals surface area contributed by atoms with E-state index in [0.717, 1.165) is 25.1 Å². The van der Waals surface area contributed by atoms with Crippen LogP contribution < -0.4 is 4.90 Å². The molecule has 2 aromatic rings. The lowest BCUT2D eigenvalue weighted by atomic mass is 10.0. The van der Waals surface area contributed by atoms with Gasteiger partial charge in [0.15, 0.2) is 0 Å². The molecule has 1 N–H and O–H groups in total. The van der Waals surface area contributed by atoms with Crippen molar-refractivity contribution in [3.63, 3.8) is 0 Å². The Morgan fingerprint density at radius 1 is 1.18 bits per heavy atom. The number of nitrogens with zero attached hydrogens (tertiary/aromatic N) is 3. The van der Waals surface area contributed by atoms with Gasteiger partial charge in [-0.3, -0.25) is 0 Å². The zero-order valence-electron chi connectivity index (χ0n) is 12.8. The number of rotatable bonds is 4. The molecule has 1 aliphatic heterocycles. The quantitative estimate of drug-likeness (QED) is 0.939. The summed E-state index contributed by atoms with van der Waals surface area (Å²) in [6, 6.07) is 9.46. The monoisotopic (exact) mass is 297 g/mol. The molecule has 0 atom stereocenters. The lowest BCUT2D eigenvalue weighted by molar-refractivity contribution is 0.0697. The van der Waals surface area contributed by atoms with E-state index in [9.17, 15) is 9.90 Å². The second-order valence-electron chi connectivity index (χ2n) is 5.80. The fourth-order valence-corrected chi connectivity index (χ4v) is 2.48. The van der Waals surface area contributed by atoms with Gasteiger partial charge in [-0.1, -0.05) is 44.2 Å². The van der Waals surface area contributed by atoms with Crippen LogP contribution in [0.15, 0.2) is 30.3 Å². The standard InChI is InChI=1S/C17H19N3O2/c1-11(2)15-18-14(12-7-4-3-5-8-12)13(17(21)22)16(19-15)20-9-6-10-20/h3-5,7-8,11H,6,9-10H2,1-2H3,(H,21,22). The van der Waals surface area contributed by atoms with Crippen molar-refractivity contribution in [3.8, 4) is 11.3 Å². The summed E-state index contributed by atoms with van der Waals surface area (Å²) >= 11 is 0. The van der Waals surface area contributed by atoms with Gasteiger partial charge >= 0.3 is 5.97 Å². The van der Waals surface area contributed by atoms with E-state index in [1.54, 1.807) is 0 Å². The van der Waals surface area contributed by atoms with Crippen molar-refractivity contribution in [2.75, 3.05) is 18.0 Å². The van der Waals surface area contributed by atoms with Crippen LogP contribution in [0, 0.1) is 0 Å². The van der Waals surface area contributed by atoms with Crippen LogP contribution in [0.1, 0.15) is 42.4 Å². The number of carbonyl (C=O) groups is 1. The SMILES string of the molecule is CC(C)c1nc(-c2ccccc2)c(C(=O)O)c(N2CCC2)n1. The normalized spacial score (nSPS) is 14.0. The van der Waals surface area contributed by atoms with E-state index in [4.69, 9.17) is 0 Å². The van der Waals surface area contributed by atoms with Crippen LogP contribution in [0.2, 0.25) is 0 Å². The number of benzene rings is 1. The van der Waals surface area contributed by atoms with Crippen molar-refractivity contribution < 1.29 is 9.90 Å². The molecular weight excluding hydrogens is 278 g/mol. The van der Waals surface area contributed by atoms with Crippen molar-refractivity contribution >= 4 is 11.8 Å². The predicted molar refractivity (Wildman–Crippen MR) is 85.3 cm³/mol. The Morgan fingerprint density at radius 3 is 2.36 bits per heavy atom. The van der Waals surface area contributed by atoms with Crippen LogP contribution in [0.4, 0.5) is 5.82 Å². The first-order chi connectivity index (χ1) is 10.6. The van der Waals surface area contributed by atoms with E-state index < -0.39 is 5.97 Å². The van der Waals surface area contributed by atoms with Gasteiger partial charge in [0.25, 0.3) is 0 Å². The maximum absolute atomic E-state index is 11.8. The van der Waals surface area contributed by atoms with Gasteiger partial charge in [0, 0.05) is 24.6 Å². The highest BCUT2D eigenvalue weighted by molar-refractivity contribution is 6.00. The van der Waals surface area contributed by atoms with Gasteiger partial charge in [0.1, 0.15) is 17.2 Å². The number of carboxylic acid groups (broad SMARTS) is 1. The molecule has 1 fully saturated rings. The molecular formula is C17H19N3O2. The number of carboxylic acids is 1. The van der Waals surface area contributed by atoms with Crippen LogP contribution >= 0.6 is 0 Å². The number of aromatic nitrogens is 2. The maximum atomic E-state index is 11.8. The van der Waals surface area contributed by atoms with Crippen LogP contribution in [-0.4, -0.2) is 34.1 Å².